The quantitative estimate of drug-likeness (QED) is 0.343. The standard InChI is InChI=1S/C26H22F6O4/c1-33-19-10-4-16(5-11-19)22-24(28,29)23(27,17-6-12-20(34-2)13-7-17)26(31,32)25(30,36-22)18-8-14-21(35-3)15-9-18/h4-15,22H,1-3H3. The Bertz CT molecular complexity index is 1200. The highest BCUT2D eigenvalue weighted by Crippen LogP contribution is 2.68. The molecule has 0 amide bonds. The van der Waals surface area contributed by atoms with E-state index in [4.69, 9.17) is 18.9 Å². The van der Waals surface area contributed by atoms with Gasteiger partial charge in [0.15, 0.2) is 6.10 Å². The lowest BCUT2D eigenvalue weighted by molar-refractivity contribution is -0.445. The third-order valence-corrected chi connectivity index (χ3v) is 6.27. The molecule has 0 N–H and O–H groups in total. The third kappa shape index (κ3) is 3.57. The number of methoxy groups -OCH3 is 3. The summed E-state index contributed by atoms with van der Waals surface area (Å²) in [5, 5.41) is 0. The molecular formula is C26H22F6O4. The molecule has 3 aromatic carbocycles. The molecule has 4 rings (SSSR count). The van der Waals surface area contributed by atoms with Gasteiger partial charge in [-0.3, -0.25) is 0 Å². The van der Waals surface area contributed by atoms with Crippen molar-refractivity contribution in [2.45, 2.75) is 29.5 Å². The van der Waals surface area contributed by atoms with E-state index in [0.717, 1.165) is 48.5 Å². The molecule has 36 heavy (non-hydrogen) atoms. The lowest BCUT2D eigenvalue weighted by atomic mass is 9.72. The van der Waals surface area contributed by atoms with Gasteiger partial charge in [-0.15, -0.1) is 0 Å². The minimum atomic E-state index is -5.39. The summed E-state index contributed by atoms with van der Waals surface area (Å²) in [6.45, 7) is 0. The number of halogens is 6. The molecule has 0 spiro atoms. The molecule has 0 radical (unpaired) electrons. The highest BCUT2D eigenvalue weighted by Gasteiger charge is 2.85. The van der Waals surface area contributed by atoms with Crippen molar-refractivity contribution >= 4 is 0 Å². The second kappa shape index (κ2) is 8.92. The normalized spacial score (nSPS) is 26.8. The second-order valence-corrected chi connectivity index (χ2v) is 8.18. The zero-order valence-corrected chi connectivity index (χ0v) is 19.4. The van der Waals surface area contributed by atoms with E-state index in [9.17, 15) is 0 Å². The van der Waals surface area contributed by atoms with Gasteiger partial charge in [-0.1, -0.05) is 24.3 Å². The van der Waals surface area contributed by atoms with Crippen molar-refractivity contribution in [2.75, 3.05) is 21.3 Å². The van der Waals surface area contributed by atoms with Crippen LogP contribution in [0.1, 0.15) is 22.8 Å². The van der Waals surface area contributed by atoms with Gasteiger partial charge in [-0.25, -0.2) is 4.39 Å². The van der Waals surface area contributed by atoms with Gasteiger partial charge in [0, 0.05) is 11.1 Å². The van der Waals surface area contributed by atoms with Crippen LogP contribution in [0.5, 0.6) is 17.2 Å². The maximum absolute atomic E-state index is 16.6. The van der Waals surface area contributed by atoms with Crippen LogP contribution in [-0.2, 0) is 16.3 Å². The predicted octanol–water partition coefficient (Wildman–Crippen LogP) is 6.74. The van der Waals surface area contributed by atoms with Crippen molar-refractivity contribution in [2.24, 2.45) is 0 Å². The Morgan fingerprint density at radius 1 is 0.583 bits per heavy atom. The Morgan fingerprint density at radius 3 is 1.39 bits per heavy atom. The van der Waals surface area contributed by atoms with Crippen LogP contribution in [0, 0.1) is 0 Å². The van der Waals surface area contributed by atoms with Gasteiger partial charge < -0.3 is 18.9 Å². The Morgan fingerprint density at radius 2 is 0.972 bits per heavy atom. The minimum Gasteiger partial charge on any atom is -0.497 e. The number of hydrogen-bond donors (Lipinski definition) is 0. The first-order chi connectivity index (χ1) is 17.0. The molecule has 0 saturated carbocycles. The van der Waals surface area contributed by atoms with Crippen LogP contribution in [0.25, 0.3) is 0 Å². The molecule has 3 aromatic rings. The topological polar surface area (TPSA) is 36.9 Å². The fourth-order valence-corrected chi connectivity index (χ4v) is 4.23. The zero-order valence-electron chi connectivity index (χ0n) is 19.4. The smallest absolute Gasteiger partial charge is 0.353 e. The maximum atomic E-state index is 16.6. The maximum Gasteiger partial charge on any atom is 0.353 e. The summed E-state index contributed by atoms with van der Waals surface area (Å²) in [5.41, 5.74) is -7.26. The molecule has 3 atom stereocenters. The van der Waals surface area contributed by atoms with Gasteiger partial charge in [0.05, 0.1) is 21.3 Å². The van der Waals surface area contributed by atoms with Gasteiger partial charge in [0.1, 0.15) is 17.2 Å². The van der Waals surface area contributed by atoms with Crippen molar-refractivity contribution < 1.29 is 45.3 Å². The van der Waals surface area contributed by atoms with E-state index >= 15 is 26.3 Å². The minimum absolute atomic E-state index is 0.106. The molecule has 1 fully saturated rings. The largest absolute Gasteiger partial charge is 0.497 e. The predicted molar refractivity (Wildman–Crippen MR) is 118 cm³/mol. The molecule has 0 bridgehead atoms. The summed E-state index contributed by atoms with van der Waals surface area (Å²) in [5.74, 6) is -14.1. The zero-order chi connectivity index (χ0) is 26.4. The third-order valence-electron chi connectivity index (χ3n) is 6.27. The Hall–Kier alpha value is -3.40. The number of hydrogen-bond acceptors (Lipinski definition) is 4. The summed E-state index contributed by atoms with van der Waals surface area (Å²) in [4.78, 5) is 0. The first kappa shape index (κ1) is 25.7. The number of rotatable bonds is 6. The SMILES string of the molecule is COc1ccc(C2OC(F)(c3ccc(OC)cc3)C(F)(F)C(F)(c3ccc(OC)cc3)C2(F)F)cc1. The van der Waals surface area contributed by atoms with Crippen LogP contribution in [0.4, 0.5) is 26.3 Å². The number of benzene rings is 3. The van der Waals surface area contributed by atoms with E-state index in [1.165, 1.54) is 33.5 Å². The lowest BCUT2D eigenvalue weighted by Crippen LogP contribution is -2.69. The van der Waals surface area contributed by atoms with Crippen LogP contribution >= 0.6 is 0 Å². The number of alkyl halides is 6. The molecule has 0 aromatic heterocycles. The molecule has 3 unspecified atom stereocenters. The molecule has 1 saturated heterocycles. The van der Waals surface area contributed by atoms with Crippen molar-refractivity contribution in [1.29, 1.82) is 0 Å². The highest BCUT2D eigenvalue weighted by molar-refractivity contribution is 5.42. The monoisotopic (exact) mass is 512 g/mol. The van der Waals surface area contributed by atoms with Gasteiger partial charge in [-0.05, 0) is 54.1 Å². The average molecular weight is 512 g/mol. The summed E-state index contributed by atoms with van der Waals surface area (Å²) >= 11 is 0. The van der Waals surface area contributed by atoms with Gasteiger partial charge >= 0.3 is 17.7 Å². The first-order valence-electron chi connectivity index (χ1n) is 10.7. The molecule has 10 heteroatoms. The Balaban J connectivity index is 1.97. The van der Waals surface area contributed by atoms with Gasteiger partial charge in [0.2, 0.25) is 0 Å². The molecule has 1 heterocycles. The molecule has 1 aliphatic heterocycles. The fraction of sp³-hybridized carbons (Fsp3) is 0.308. The Kier molecular flexibility index (Phi) is 6.36. The van der Waals surface area contributed by atoms with E-state index in [2.05, 4.69) is 0 Å². The van der Waals surface area contributed by atoms with E-state index in [1.54, 1.807) is 0 Å². The second-order valence-electron chi connectivity index (χ2n) is 8.18. The van der Waals surface area contributed by atoms with Gasteiger partial charge in [-0.2, -0.15) is 22.0 Å². The van der Waals surface area contributed by atoms with Crippen molar-refractivity contribution in [3.05, 3.63) is 89.5 Å². The van der Waals surface area contributed by atoms with E-state index in [-0.39, 0.29) is 17.2 Å². The van der Waals surface area contributed by atoms with Crippen molar-refractivity contribution in [1.82, 2.24) is 0 Å². The average Bonchev–Trinajstić information content (AvgIpc) is 2.90. The van der Waals surface area contributed by atoms with Crippen LogP contribution < -0.4 is 14.2 Å². The fourth-order valence-electron chi connectivity index (χ4n) is 4.23. The summed E-state index contributed by atoms with van der Waals surface area (Å²) in [6, 6.07) is 12.2. The van der Waals surface area contributed by atoms with Crippen LogP contribution in [0.15, 0.2) is 72.8 Å². The summed E-state index contributed by atoms with van der Waals surface area (Å²) in [6.07, 6.45) is -2.73. The first-order valence-corrected chi connectivity index (χ1v) is 10.7. The van der Waals surface area contributed by atoms with E-state index < -0.39 is 46.2 Å². The summed E-state index contributed by atoms with van der Waals surface area (Å²) in [7, 11) is 3.88. The van der Waals surface area contributed by atoms with Crippen LogP contribution in [0.2, 0.25) is 0 Å². The molecule has 4 nitrogen and oxygen atoms in total. The molecular weight excluding hydrogens is 490 g/mol. The molecule has 192 valence electrons. The van der Waals surface area contributed by atoms with Crippen LogP contribution in [-0.4, -0.2) is 33.2 Å². The van der Waals surface area contributed by atoms with E-state index in [0.29, 0.717) is 12.1 Å². The Labute approximate surface area is 203 Å². The highest BCUT2D eigenvalue weighted by atomic mass is 19.3. The van der Waals surface area contributed by atoms with Crippen molar-refractivity contribution in [3.63, 3.8) is 0 Å². The lowest BCUT2D eigenvalue weighted by Gasteiger charge is -2.52. The summed E-state index contributed by atoms with van der Waals surface area (Å²) < 4.78 is 116. The van der Waals surface area contributed by atoms with Crippen LogP contribution in [0.3, 0.4) is 0 Å². The molecule has 0 aliphatic carbocycles. The van der Waals surface area contributed by atoms with Crippen molar-refractivity contribution in [3.8, 4) is 17.2 Å². The van der Waals surface area contributed by atoms with E-state index in [1.807, 2.05) is 0 Å². The number of ether oxygens (including phenoxy) is 4. The van der Waals surface area contributed by atoms with Gasteiger partial charge in [0.25, 0.3) is 5.67 Å². The molecule has 1 aliphatic rings.